The number of carbonyl (C=O) groups is 4. The Labute approximate surface area is 228 Å². The second kappa shape index (κ2) is 12.9. The minimum Gasteiger partial charge on any atom is -0.466 e. The van der Waals surface area contributed by atoms with E-state index < -0.39 is 41.5 Å². The number of carbonyl (C=O) groups excluding carboxylic acids is 4. The van der Waals surface area contributed by atoms with Gasteiger partial charge in [-0.05, 0) is 68.8 Å². The molecule has 0 heterocycles. The number of alkyl carbamates (subject to hydrolysis) is 1. The van der Waals surface area contributed by atoms with Gasteiger partial charge in [-0.25, -0.2) is 9.59 Å². The summed E-state index contributed by atoms with van der Waals surface area (Å²) in [6.45, 7) is 5.41. The Kier molecular flexibility index (Phi) is 9.82. The van der Waals surface area contributed by atoms with Crippen LogP contribution in [0.2, 0.25) is 0 Å². The summed E-state index contributed by atoms with van der Waals surface area (Å²) in [5.74, 6) is -3.11. The molecule has 1 aliphatic rings. The molecule has 2 aromatic rings. The summed E-state index contributed by atoms with van der Waals surface area (Å²) in [4.78, 5) is 51.0. The molecule has 5 N–H and O–H groups in total. The van der Waals surface area contributed by atoms with E-state index in [2.05, 4.69) is 0 Å². The quantitative estimate of drug-likeness (QED) is 0.169. The largest absolute Gasteiger partial charge is 0.466 e. The lowest BCUT2D eigenvalue weighted by Crippen LogP contribution is -2.61. The number of rotatable bonds is 11. The second-order valence-corrected chi connectivity index (χ2v) is 10.5. The van der Waals surface area contributed by atoms with Gasteiger partial charge in [0.1, 0.15) is 12.2 Å². The first-order chi connectivity index (χ1) is 18.5. The zero-order valence-corrected chi connectivity index (χ0v) is 22.7. The van der Waals surface area contributed by atoms with Crippen molar-refractivity contribution < 1.29 is 33.4 Å². The summed E-state index contributed by atoms with van der Waals surface area (Å²) in [5.41, 5.74) is 12.5. The summed E-state index contributed by atoms with van der Waals surface area (Å²) in [7, 11) is 0. The molecule has 0 bridgehead atoms. The molecule has 0 saturated heterocycles. The van der Waals surface area contributed by atoms with E-state index in [1.165, 1.54) is 0 Å². The molecule has 2 amide bonds. The van der Waals surface area contributed by atoms with E-state index in [4.69, 9.17) is 25.7 Å². The van der Waals surface area contributed by atoms with Crippen molar-refractivity contribution in [1.82, 2.24) is 5.32 Å². The number of esters is 2. The molecular formula is C29H37N3O7. The van der Waals surface area contributed by atoms with Crippen LogP contribution in [-0.4, -0.2) is 54.8 Å². The minimum absolute atomic E-state index is 0.0882. The summed E-state index contributed by atoms with van der Waals surface area (Å²) >= 11 is 0. The monoisotopic (exact) mass is 539 g/mol. The number of nitrogens with two attached hydrogens (primary N) is 2. The molecular weight excluding hydrogens is 502 g/mol. The van der Waals surface area contributed by atoms with Crippen LogP contribution in [0.5, 0.6) is 0 Å². The highest BCUT2D eigenvalue weighted by atomic mass is 16.6. The summed E-state index contributed by atoms with van der Waals surface area (Å²) in [6.07, 6.45) is -0.578. The summed E-state index contributed by atoms with van der Waals surface area (Å²) in [5, 5.41) is 2.01. The zero-order valence-electron chi connectivity index (χ0n) is 22.7. The Morgan fingerprint density at radius 2 is 1.49 bits per heavy atom. The molecule has 0 unspecified atom stereocenters. The highest BCUT2D eigenvalue weighted by Crippen LogP contribution is 2.44. The molecule has 10 nitrogen and oxygen atoms in total. The number of hydrogen-bond donors (Lipinski definition) is 3. The van der Waals surface area contributed by atoms with Crippen LogP contribution in [0.1, 0.15) is 63.5 Å². The van der Waals surface area contributed by atoms with Gasteiger partial charge in [-0.1, -0.05) is 48.5 Å². The fourth-order valence-electron chi connectivity index (χ4n) is 4.35. The molecule has 0 aliphatic heterocycles. The Balaban J connectivity index is 1.75. The van der Waals surface area contributed by atoms with Gasteiger partial charge in [0, 0.05) is 12.3 Å². The van der Waals surface area contributed by atoms with Crippen molar-refractivity contribution in [2.24, 2.45) is 11.5 Å². The van der Waals surface area contributed by atoms with Gasteiger partial charge in [-0.15, -0.1) is 0 Å². The van der Waals surface area contributed by atoms with Crippen LogP contribution in [0.3, 0.4) is 0 Å². The lowest BCUT2D eigenvalue weighted by atomic mass is 9.93. The van der Waals surface area contributed by atoms with E-state index in [9.17, 15) is 19.2 Å². The summed E-state index contributed by atoms with van der Waals surface area (Å²) < 4.78 is 15.9. The first kappa shape index (κ1) is 29.8. The van der Waals surface area contributed by atoms with E-state index in [1.54, 1.807) is 20.8 Å². The molecule has 0 spiro atoms. The maximum atomic E-state index is 13.3. The van der Waals surface area contributed by atoms with Crippen LogP contribution in [0, 0.1) is 0 Å². The number of nitrogens with one attached hydrogen (secondary N) is 1. The maximum Gasteiger partial charge on any atom is 0.414 e. The first-order valence-electron chi connectivity index (χ1n) is 13.0. The Morgan fingerprint density at radius 1 is 0.897 bits per heavy atom. The highest BCUT2D eigenvalue weighted by molar-refractivity contribution is 6.11. The lowest BCUT2D eigenvalue weighted by molar-refractivity contribution is -0.155. The van der Waals surface area contributed by atoms with Gasteiger partial charge in [0.25, 0.3) is 5.91 Å². The molecule has 10 heteroatoms. The molecule has 2 aromatic carbocycles. The summed E-state index contributed by atoms with van der Waals surface area (Å²) in [6, 6.07) is 15.6. The number of fused-ring (bicyclic) bond motifs is 3. The maximum absolute atomic E-state index is 13.3. The van der Waals surface area contributed by atoms with Gasteiger partial charge in [-0.2, -0.15) is 0 Å². The molecule has 0 radical (unpaired) electrons. The van der Waals surface area contributed by atoms with Crippen LogP contribution in [0.25, 0.3) is 11.1 Å². The topological polar surface area (TPSA) is 160 Å². The van der Waals surface area contributed by atoms with Crippen LogP contribution < -0.4 is 16.8 Å². The lowest BCUT2D eigenvalue weighted by Gasteiger charge is -2.27. The van der Waals surface area contributed by atoms with Gasteiger partial charge in [-0.3, -0.25) is 14.9 Å². The van der Waals surface area contributed by atoms with E-state index >= 15 is 0 Å². The first-order valence-corrected chi connectivity index (χ1v) is 13.0. The van der Waals surface area contributed by atoms with Crippen LogP contribution in [0.4, 0.5) is 4.79 Å². The smallest absolute Gasteiger partial charge is 0.414 e. The van der Waals surface area contributed by atoms with E-state index in [0.29, 0.717) is 19.4 Å². The van der Waals surface area contributed by atoms with Gasteiger partial charge in [0.05, 0.1) is 6.61 Å². The van der Waals surface area contributed by atoms with Gasteiger partial charge in [0.2, 0.25) is 0 Å². The molecule has 210 valence electrons. The van der Waals surface area contributed by atoms with Crippen LogP contribution >= 0.6 is 0 Å². The third-order valence-electron chi connectivity index (χ3n) is 6.31. The van der Waals surface area contributed by atoms with E-state index in [0.717, 1.165) is 22.3 Å². The Bertz CT molecular complexity index is 1160. The standard InChI is InChI=1S/C29H37N3O7/c1-28(2,3)39-27(36)32-25(34)29(31,15-14-24(33)37-17-9-8-16-30)26(35)38-18-23-21-12-6-4-10-19(21)20-11-5-7-13-22(20)23/h4-7,10-13,23H,8-9,14-18,30-31H2,1-3H3,(H,32,34,36)/t29-/m0/s1. The number of unbranched alkanes of at least 4 members (excludes halogenated alkanes) is 1. The van der Waals surface area contributed by atoms with Crippen molar-refractivity contribution in [3.8, 4) is 11.1 Å². The number of benzene rings is 2. The Hall–Kier alpha value is -3.76. The van der Waals surface area contributed by atoms with E-state index in [-0.39, 0.29) is 25.6 Å². The molecule has 0 aromatic heterocycles. The van der Waals surface area contributed by atoms with Crippen molar-refractivity contribution in [1.29, 1.82) is 0 Å². The number of imide groups is 1. The predicted octanol–water partition coefficient (Wildman–Crippen LogP) is 3.15. The van der Waals surface area contributed by atoms with Gasteiger partial charge < -0.3 is 25.7 Å². The molecule has 0 fully saturated rings. The van der Waals surface area contributed by atoms with Gasteiger partial charge in [0.15, 0.2) is 5.54 Å². The normalized spacial score (nSPS) is 14.0. The molecule has 0 saturated carbocycles. The molecule has 1 aliphatic carbocycles. The number of ether oxygens (including phenoxy) is 3. The average molecular weight is 540 g/mol. The van der Waals surface area contributed by atoms with Crippen molar-refractivity contribution in [2.75, 3.05) is 19.8 Å². The zero-order chi connectivity index (χ0) is 28.6. The number of amides is 2. The van der Waals surface area contributed by atoms with Crippen molar-refractivity contribution in [2.45, 2.75) is 63.5 Å². The van der Waals surface area contributed by atoms with Crippen molar-refractivity contribution in [3.05, 3.63) is 59.7 Å². The minimum atomic E-state index is -2.34. The fourth-order valence-corrected chi connectivity index (χ4v) is 4.35. The van der Waals surface area contributed by atoms with Gasteiger partial charge >= 0.3 is 18.0 Å². The number of hydrogen-bond acceptors (Lipinski definition) is 9. The Morgan fingerprint density at radius 3 is 2.05 bits per heavy atom. The third kappa shape index (κ3) is 7.64. The SMILES string of the molecule is CC(C)(C)OC(=O)NC(=O)[C@@](N)(CCC(=O)OCCCCN)C(=O)OCC1c2ccccc2-c2ccccc21. The van der Waals surface area contributed by atoms with Crippen molar-refractivity contribution in [3.63, 3.8) is 0 Å². The second-order valence-electron chi connectivity index (χ2n) is 10.5. The average Bonchev–Trinajstić information content (AvgIpc) is 3.20. The van der Waals surface area contributed by atoms with Crippen LogP contribution in [0.15, 0.2) is 48.5 Å². The molecule has 1 atom stereocenters. The molecule has 3 rings (SSSR count). The van der Waals surface area contributed by atoms with Crippen LogP contribution in [-0.2, 0) is 28.6 Å². The third-order valence-corrected chi connectivity index (χ3v) is 6.31. The predicted molar refractivity (Wildman–Crippen MR) is 144 cm³/mol. The van der Waals surface area contributed by atoms with Crippen molar-refractivity contribution >= 4 is 23.9 Å². The van der Waals surface area contributed by atoms with E-state index in [1.807, 2.05) is 53.8 Å². The fraction of sp³-hybridized carbons (Fsp3) is 0.448. The molecule has 39 heavy (non-hydrogen) atoms. The highest BCUT2D eigenvalue weighted by Gasteiger charge is 2.46.